The van der Waals surface area contributed by atoms with Crippen LogP contribution in [0.15, 0.2) is 47.6 Å². The minimum absolute atomic E-state index is 0.262. The standard InChI is InChI=1S/C18H16ClN3O2S/c1-2-22-17(12-7-8-15-16(9-12)24-11-23-15)20-21-18(22)25-10-13-5-3-4-6-14(13)19/h3-9H,2,10-11H2,1H3. The summed E-state index contributed by atoms with van der Waals surface area (Å²) in [4.78, 5) is 0. The molecule has 0 spiro atoms. The molecule has 2 aromatic carbocycles. The Morgan fingerprint density at radius 3 is 2.80 bits per heavy atom. The summed E-state index contributed by atoms with van der Waals surface area (Å²) in [5, 5.41) is 10.4. The van der Waals surface area contributed by atoms with E-state index in [2.05, 4.69) is 21.7 Å². The van der Waals surface area contributed by atoms with E-state index >= 15 is 0 Å². The maximum absolute atomic E-state index is 6.24. The Balaban J connectivity index is 1.60. The molecule has 0 saturated heterocycles. The molecule has 25 heavy (non-hydrogen) atoms. The Bertz CT molecular complexity index is 913. The topological polar surface area (TPSA) is 49.2 Å². The zero-order valence-corrected chi connectivity index (χ0v) is 15.2. The van der Waals surface area contributed by atoms with Crippen molar-refractivity contribution < 1.29 is 9.47 Å². The van der Waals surface area contributed by atoms with Crippen LogP contribution in [0, 0.1) is 0 Å². The van der Waals surface area contributed by atoms with E-state index in [1.54, 1.807) is 11.8 Å². The van der Waals surface area contributed by atoms with Crippen molar-refractivity contribution in [1.82, 2.24) is 14.8 Å². The lowest BCUT2D eigenvalue weighted by Crippen LogP contribution is -2.00. The van der Waals surface area contributed by atoms with Crippen molar-refractivity contribution in [2.24, 2.45) is 0 Å². The van der Waals surface area contributed by atoms with Gasteiger partial charge < -0.3 is 14.0 Å². The van der Waals surface area contributed by atoms with E-state index in [1.807, 2.05) is 42.5 Å². The highest BCUT2D eigenvalue weighted by Crippen LogP contribution is 2.36. The van der Waals surface area contributed by atoms with Gasteiger partial charge in [-0.3, -0.25) is 0 Å². The van der Waals surface area contributed by atoms with Crippen LogP contribution in [0.25, 0.3) is 11.4 Å². The molecule has 128 valence electrons. The summed E-state index contributed by atoms with van der Waals surface area (Å²) in [6, 6.07) is 13.7. The number of thioether (sulfide) groups is 1. The fourth-order valence-electron chi connectivity index (χ4n) is 2.69. The van der Waals surface area contributed by atoms with E-state index in [9.17, 15) is 0 Å². The third-order valence-corrected chi connectivity index (χ3v) is 5.36. The number of fused-ring (bicyclic) bond motifs is 1. The highest BCUT2D eigenvalue weighted by Gasteiger charge is 2.18. The van der Waals surface area contributed by atoms with Gasteiger partial charge in [-0.25, -0.2) is 0 Å². The van der Waals surface area contributed by atoms with Gasteiger partial charge in [0.15, 0.2) is 22.5 Å². The first-order chi connectivity index (χ1) is 12.3. The summed E-state index contributed by atoms with van der Waals surface area (Å²) in [7, 11) is 0. The summed E-state index contributed by atoms with van der Waals surface area (Å²) >= 11 is 7.87. The summed E-state index contributed by atoms with van der Waals surface area (Å²) in [5.41, 5.74) is 2.05. The average molecular weight is 374 g/mol. The Kier molecular flexibility index (Phi) is 4.55. The summed E-state index contributed by atoms with van der Waals surface area (Å²) < 4.78 is 12.9. The fraction of sp³-hybridized carbons (Fsp3) is 0.222. The van der Waals surface area contributed by atoms with Crippen LogP contribution in [0.4, 0.5) is 0 Å². The van der Waals surface area contributed by atoms with Gasteiger partial charge in [0.05, 0.1) is 0 Å². The molecular weight excluding hydrogens is 358 g/mol. The third-order valence-electron chi connectivity index (χ3n) is 3.98. The molecule has 4 rings (SSSR count). The number of hydrogen-bond acceptors (Lipinski definition) is 5. The van der Waals surface area contributed by atoms with Crippen molar-refractivity contribution in [3.05, 3.63) is 53.1 Å². The normalized spacial score (nSPS) is 12.6. The van der Waals surface area contributed by atoms with Crippen LogP contribution in [0.3, 0.4) is 0 Å². The Hall–Kier alpha value is -2.18. The molecule has 3 aromatic rings. The monoisotopic (exact) mass is 373 g/mol. The molecule has 2 heterocycles. The first-order valence-corrected chi connectivity index (χ1v) is 9.32. The largest absolute Gasteiger partial charge is 0.454 e. The smallest absolute Gasteiger partial charge is 0.231 e. The number of hydrogen-bond donors (Lipinski definition) is 0. The van der Waals surface area contributed by atoms with Crippen molar-refractivity contribution in [3.63, 3.8) is 0 Å². The molecule has 1 aliphatic rings. The quantitative estimate of drug-likeness (QED) is 0.610. The lowest BCUT2D eigenvalue weighted by Gasteiger charge is -2.08. The Morgan fingerprint density at radius 2 is 1.96 bits per heavy atom. The van der Waals surface area contributed by atoms with E-state index in [4.69, 9.17) is 21.1 Å². The molecule has 0 atom stereocenters. The predicted octanol–water partition coefficient (Wildman–Crippen LogP) is 4.64. The van der Waals surface area contributed by atoms with Crippen molar-refractivity contribution >= 4 is 23.4 Å². The van der Waals surface area contributed by atoms with Crippen LogP contribution < -0.4 is 9.47 Å². The SMILES string of the molecule is CCn1c(SCc2ccccc2Cl)nnc1-c1ccc2c(c1)OCO2. The van der Waals surface area contributed by atoms with Gasteiger partial charge in [0, 0.05) is 22.9 Å². The second-order valence-electron chi connectivity index (χ2n) is 5.50. The molecule has 1 aromatic heterocycles. The number of aromatic nitrogens is 3. The number of benzene rings is 2. The molecule has 0 saturated carbocycles. The second kappa shape index (κ2) is 6.98. The molecule has 0 aliphatic carbocycles. The van der Waals surface area contributed by atoms with Crippen LogP contribution in [-0.2, 0) is 12.3 Å². The molecule has 7 heteroatoms. The number of ether oxygens (including phenoxy) is 2. The summed E-state index contributed by atoms with van der Waals surface area (Å²) in [5.74, 6) is 3.08. The van der Waals surface area contributed by atoms with Gasteiger partial charge in [-0.2, -0.15) is 0 Å². The minimum Gasteiger partial charge on any atom is -0.454 e. The predicted molar refractivity (Wildman–Crippen MR) is 98.3 cm³/mol. The highest BCUT2D eigenvalue weighted by atomic mass is 35.5. The first kappa shape index (κ1) is 16.3. The van der Waals surface area contributed by atoms with Gasteiger partial charge in [0.25, 0.3) is 0 Å². The van der Waals surface area contributed by atoms with Crippen molar-refractivity contribution in [1.29, 1.82) is 0 Å². The van der Waals surface area contributed by atoms with Crippen molar-refractivity contribution in [3.8, 4) is 22.9 Å². The molecule has 0 fully saturated rings. The second-order valence-corrected chi connectivity index (χ2v) is 6.85. The van der Waals surface area contributed by atoms with Crippen LogP contribution in [0.2, 0.25) is 5.02 Å². The molecule has 0 N–H and O–H groups in total. The number of nitrogens with zero attached hydrogens (tertiary/aromatic N) is 3. The van der Waals surface area contributed by atoms with Crippen molar-refractivity contribution in [2.75, 3.05) is 6.79 Å². The highest BCUT2D eigenvalue weighted by molar-refractivity contribution is 7.98. The molecule has 0 amide bonds. The molecular formula is C18H16ClN3O2S. The van der Waals surface area contributed by atoms with Gasteiger partial charge in [-0.15, -0.1) is 10.2 Å². The van der Waals surface area contributed by atoms with E-state index < -0.39 is 0 Å². The first-order valence-electron chi connectivity index (χ1n) is 7.95. The third kappa shape index (κ3) is 3.19. The van der Waals surface area contributed by atoms with Crippen molar-refractivity contribution in [2.45, 2.75) is 24.4 Å². The molecule has 5 nitrogen and oxygen atoms in total. The van der Waals surface area contributed by atoms with E-state index in [1.165, 1.54) is 0 Å². The van der Waals surface area contributed by atoms with Crippen LogP contribution in [-0.4, -0.2) is 21.6 Å². The Labute approximate surface area is 154 Å². The maximum Gasteiger partial charge on any atom is 0.231 e. The van der Waals surface area contributed by atoms with Crippen LogP contribution in [0.1, 0.15) is 12.5 Å². The lowest BCUT2D eigenvalue weighted by molar-refractivity contribution is 0.174. The molecule has 0 bridgehead atoms. The summed E-state index contributed by atoms with van der Waals surface area (Å²) in [6.45, 7) is 3.12. The van der Waals surface area contributed by atoms with E-state index in [-0.39, 0.29) is 6.79 Å². The van der Waals surface area contributed by atoms with Gasteiger partial charge in [-0.05, 0) is 36.8 Å². The van der Waals surface area contributed by atoms with E-state index in [0.717, 1.165) is 50.9 Å². The Morgan fingerprint density at radius 1 is 1.12 bits per heavy atom. The number of halogens is 1. The minimum atomic E-state index is 0.262. The number of rotatable bonds is 5. The molecule has 1 aliphatic heterocycles. The summed E-state index contributed by atoms with van der Waals surface area (Å²) in [6.07, 6.45) is 0. The van der Waals surface area contributed by atoms with Gasteiger partial charge in [-0.1, -0.05) is 41.6 Å². The fourth-order valence-corrected chi connectivity index (χ4v) is 3.98. The van der Waals surface area contributed by atoms with E-state index in [0.29, 0.717) is 0 Å². The van der Waals surface area contributed by atoms with Crippen LogP contribution in [0.5, 0.6) is 11.5 Å². The average Bonchev–Trinajstić information content (AvgIpc) is 3.26. The zero-order valence-electron chi connectivity index (χ0n) is 13.6. The van der Waals surface area contributed by atoms with Crippen LogP contribution >= 0.6 is 23.4 Å². The van der Waals surface area contributed by atoms with Gasteiger partial charge in [0.1, 0.15) is 0 Å². The molecule has 0 radical (unpaired) electrons. The zero-order chi connectivity index (χ0) is 17.2. The molecule has 0 unspecified atom stereocenters. The maximum atomic E-state index is 6.24. The lowest BCUT2D eigenvalue weighted by atomic mass is 10.2. The van der Waals surface area contributed by atoms with Gasteiger partial charge in [0.2, 0.25) is 6.79 Å². The van der Waals surface area contributed by atoms with Gasteiger partial charge >= 0.3 is 0 Å².